The van der Waals surface area contributed by atoms with Gasteiger partial charge in [0.1, 0.15) is 0 Å². The Balaban J connectivity index is 2.00. The molecule has 0 heterocycles. The third-order valence-electron chi connectivity index (χ3n) is 3.37. The fourth-order valence-corrected chi connectivity index (χ4v) is 2.14. The van der Waals surface area contributed by atoms with Crippen molar-refractivity contribution >= 4 is 17.5 Å². The Morgan fingerprint density at radius 3 is 2.50 bits per heavy atom. The molecule has 0 saturated heterocycles. The number of benzene rings is 1. The number of nitrogens with one attached hydrogen (secondary N) is 2. The average Bonchev–Trinajstić information content (AvgIpc) is 3.24. The Kier molecular flexibility index (Phi) is 4.54. The average molecular weight is 312 g/mol. The molecule has 0 radical (unpaired) electrons. The summed E-state index contributed by atoms with van der Waals surface area (Å²) in [4.78, 5) is 23.6. The van der Waals surface area contributed by atoms with Crippen LogP contribution in [0.25, 0.3) is 0 Å². The summed E-state index contributed by atoms with van der Waals surface area (Å²) in [5, 5.41) is 4.82. The lowest BCUT2D eigenvalue weighted by molar-refractivity contribution is -0.137. The van der Waals surface area contributed by atoms with Gasteiger partial charge < -0.3 is 10.6 Å². The summed E-state index contributed by atoms with van der Waals surface area (Å²) >= 11 is 0. The molecule has 1 saturated carbocycles. The molecule has 2 rings (SSSR count). The first-order valence-electron chi connectivity index (χ1n) is 6.70. The predicted molar refractivity (Wildman–Crippen MR) is 74.9 cm³/mol. The van der Waals surface area contributed by atoms with Crippen LogP contribution in [0.1, 0.15) is 12.0 Å². The Hall–Kier alpha value is -2.31. The number of para-hydroxylation sites is 1. The van der Waals surface area contributed by atoms with Gasteiger partial charge in [-0.15, -0.1) is 6.58 Å². The molecule has 1 aromatic carbocycles. The van der Waals surface area contributed by atoms with Crippen LogP contribution in [0.5, 0.6) is 0 Å². The number of amides is 2. The molecule has 1 aliphatic rings. The van der Waals surface area contributed by atoms with Gasteiger partial charge in [0.05, 0.1) is 23.1 Å². The van der Waals surface area contributed by atoms with E-state index in [1.807, 2.05) is 0 Å². The number of carbonyl (C=O) groups excluding carboxylic acids is 2. The van der Waals surface area contributed by atoms with Crippen molar-refractivity contribution in [3.05, 3.63) is 42.5 Å². The highest BCUT2D eigenvalue weighted by Gasteiger charge is 2.48. The lowest BCUT2D eigenvalue weighted by Crippen LogP contribution is -2.27. The third kappa shape index (κ3) is 3.66. The van der Waals surface area contributed by atoms with Gasteiger partial charge in [-0.1, -0.05) is 18.2 Å². The van der Waals surface area contributed by atoms with Crippen molar-refractivity contribution in [1.82, 2.24) is 5.32 Å². The normalized spacial score (nSPS) is 20.1. The molecule has 4 nitrogen and oxygen atoms in total. The van der Waals surface area contributed by atoms with Gasteiger partial charge in [0.2, 0.25) is 11.8 Å². The number of halogens is 3. The van der Waals surface area contributed by atoms with Gasteiger partial charge in [0, 0.05) is 6.54 Å². The maximum absolute atomic E-state index is 12.8. The number of carbonyl (C=O) groups is 2. The second kappa shape index (κ2) is 6.21. The van der Waals surface area contributed by atoms with Crippen LogP contribution in [-0.4, -0.2) is 18.4 Å². The van der Waals surface area contributed by atoms with E-state index < -0.39 is 29.5 Å². The first-order chi connectivity index (χ1) is 10.3. The Morgan fingerprint density at radius 2 is 1.86 bits per heavy atom. The van der Waals surface area contributed by atoms with E-state index in [1.165, 1.54) is 24.3 Å². The molecular formula is C15H15F3N2O2. The summed E-state index contributed by atoms with van der Waals surface area (Å²) in [5.41, 5.74) is -1.20. The molecule has 22 heavy (non-hydrogen) atoms. The smallest absolute Gasteiger partial charge is 0.352 e. The highest BCUT2D eigenvalue weighted by molar-refractivity contribution is 6.00. The van der Waals surface area contributed by atoms with E-state index in [1.54, 1.807) is 0 Å². The van der Waals surface area contributed by atoms with E-state index >= 15 is 0 Å². The van der Waals surface area contributed by atoms with Gasteiger partial charge in [0.15, 0.2) is 0 Å². The summed E-state index contributed by atoms with van der Waals surface area (Å²) in [6.45, 7) is 3.75. The summed E-state index contributed by atoms with van der Waals surface area (Å²) in [7, 11) is 0. The van der Waals surface area contributed by atoms with Crippen LogP contribution in [0, 0.1) is 11.8 Å². The summed E-state index contributed by atoms with van der Waals surface area (Å²) in [5.74, 6) is -1.94. The van der Waals surface area contributed by atoms with Gasteiger partial charge >= 0.3 is 6.18 Å². The highest BCUT2D eigenvalue weighted by atomic mass is 19.4. The summed E-state index contributed by atoms with van der Waals surface area (Å²) in [6, 6.07) is 4.75. The number of hydrogen-bond donors (Lipinski definition) is 2. The standard InChI is InChI=1S/C15H15F3N2O2/c1-2-7-19-13(21)9-8-10(9)14(22)20-12-6-4-3-5-11(12)15(16,17)18/h2-6,9-10H,1,7-8H2,(H,19,21)(H,20,22). The van der Waals surface area contributed by atoms with Crippen molar-refractivity contribution in [2.24, 2.45) is 11.8 Å². The molecule has 1 aromatic rings. The van der Waals surface area contributed by atoms with Crippen LogP contribution in [0.15, 0.2) is 36.9 Å². The summed E-state index contributed by atoms with van der Waals surface area (Å²) < 4.78 is 38.5. The van der Waals surface area contributed by atoms with Gasteiger partial charge in [0.25, 0.3) is 0 Å². The summed E-state index contributed by atoms with van der Waals surface area (Å²) in [6.07, 6.45) is -2.70. The molecule has 0 aliphatic heterocycles. The molecule has 2 atom stereocenters. The number of hydrogen-bond acceptors (Lipinski definition) is 2. The molecule has 1 aliphatic carbocycles. The van der Waals surface area contributed by atoms with E-state index in [0.29, 0.717) is 13.0 Å². The predicted octanol–water partition coefficient (Wildman–Crippen LogP) is 2.58. The number of alkyl halides is 3. The lowest BCUT2D eigenvalue weighted by Gasteiger charge is -2.13. The molecule has 0 spiro atoms. The third-order valence-corrected chi connectivity index (χ3v) is 3.37. The topological polar surface area (TPSA) is 58.2 Å². The Morgan fingerprint density at radius 1 is 1.23 bits per heavy atom. The Bertz CT molecular complexity index is 599. The maximum atomic E-state index is 12.8. The minimum Gasteiger partial charge on any atom is -0.352 e. The van der Waals surface area contributed by atoms with Gasteiger partial charge in [-0.2, -0.15) is 13.2 Å². The monoisotopic (exact) mass is 312 g/mol. The van der Waals surface area contributed by atoms with E-state index in [4.69, 9.17) is 0 Å². The van der Waals surface area contributed by atoms with Crippen LogP contribution >= 0.6 is 0 Å². The lowest BCUT2D eigenvalue weighted by atomic mass is 10.1. The van der Waals surface area contributed by atoms with Gasteiger partial charge in [-0.25, -0.2) is 0 Å². The van der Waals surface area contributed by atoms with Crippen LogP contribution in [0.3, 0.4) is 0 Å². The van der Waals surface area contributed by atoms with Crippen LogP contribution in [-0.2, 0) is 15.8 Å². The van der Waals surface area contributed by atoms with Crippen molar-refractivity contribution in [2.45, 2.75) is 12.6 Å². The molecule has 1 fully saturated rings. The minimum atomic E-state index is -4.55. The number of rotatable bonds is 5. The SMILES string of the molecule is C=CCNC(=O)C1CC1C(=O)Nc1ccccc1C(F)(F)F. The zero-order chi connectivity index (χ0) is 16.3. The molecule has 0 aromatic heterocycles. The fourth-order valence-electron chi connectivity index (χ4n) is 2.14. The van der Waals surface area contributed by atoms with E-state index in [2.05, 4.69) is 17.2 Å². The molecule has 2 unspecified atom stereocenters. The first kappa shape index (κ1) is 16.1. The molecule has 118 valence electrons. The fraction of sp³-hybridized carbons (Fsp3) is 0.333. The first-order valence-corrected chi connectivity index (χ1v) is 6.70. The van der Waals surface area contributed by atoms with E-state index in [0.717, 1.165) is 6.07 Å². The molecule has 0 bridgehead atoms. The molecule has 2 amide bonds. The van der Waals surface area contributed by atoms with Crippen molar-refractivity contribution < 1.29 is 22.8 Å². The molecule has 2 N–H and O–H groups in total. The zero-order valence-corrected chi connectivity index (χ0v) is 11.6. The van der Waals surface area contributed by atoms with Crippen molar-refractivity contribution in [3.63, 3.8) is 0 Å². The molecule has 7 heteroatoms. The van der Waals surface area contributed by atoms with E-state index in [-0.39, 0.29) is 11.6 Å². The molecular weight excluding hydrogens is 297 g/mol. The van der Waals surface area contributed by atoms with Gasteiger partial charge in [-0.05, 0) is 18.6 Å². The largest absolute Gasteiger partial charge is 0.418 e. The van der Waals surface area contributed by atoms with Crippen molar-refractivity contribution in [2.75, 3.05) is 11.9 Å². The number of anilines is 1. The minimum absolute atomic E-state index is 0.288. The second-order valence-corrected chi connectivity index (χ2v) is 5.02. The Labute approximate surface area is 125 Å². The zero-order valence-electron chi connectivity index (χ0n) is 11.6. The maximum Gasteiger partial charge on any atom is 0.418 e. The van der Waals surface area contributed by atoms with Crippen LogP contribution in [0.4, 0.5) is 18.9 Å². The van der Waals surface area contributed by atoms with Crippen LogP contribution < -0.4 is 10.6 Å². The van der Waals surface area contributed by atoms with Crippen molar-refractivity contribution in [1.29, 1.82) is 0 Å². The highest BCUT2D eigenvalue weighted by Crippen LogP contribution is 2.41. The second-order valence-electron chi connectivity index (χ2n) is 5.02. The van der Waals surface area contributed by atoms with Crippen molar-refractivity contribution in [3.8, 4) is 0 Å². The van der Waals surface area contributed by atoms with E-state index in [9.17, 15) is 22.8 Å². The van der Waals surface area contributed by atoms with Gasteiger partial charge in [-0.3, -0.25) is 9.59 Å². The van der Waals surface area contributed by atoms with Crippen LogP contribution in [0.2, 0.25) is 0 Å². The quantitative estimate of drug-likeness (QED) is 0.821.